The maximum atomic E-state index is 12.4. The zero-order chi connectivity index (χ0) is 15.7. The molecule has 8 heteroatoms. The first-order chi connectivity index (χ1) is 10.4. The lowest BCUT2D eigenvalue weighted by Gasteiger charge is -2.08. The molecule has 0 atom stereocenters. The zero-order valence-electron chi connectivity index (χ0n) is 10.9. The third-order valence-electron chi connectivity index (χ3n) is 2.85. The van der Waals surface area contributed by atoms with Crippen LogP contribution in [0.5, 0.6) is 0 Å². The van der Waals surface area contributed by atoms with Crippen LogP contribution >= 0.6 is 11.6 Å². The smallest absolute Gasteiger partial charge is 0.338 e. The third-order valence-corrected chi connectivity index (χ3v) is 3.15. The van der Waals surface area contributed by atoms with Crippen LogP contribution in [-0.4, -0.2) is 15.0 Å². The lowest BCUT2D eigenvalue weighted by atomic mass is 10.2. The van der Waals surface area contributed by atoms with Gasteiger partial charge in [0, 0.05) is 5.39 Å². The average molecular weight is 325 g/mol. The summed E-state index contributed by atoms with van der Waals surface area (Å²) in [5, 5.41) is 4.19. The van der Waals surface area contributed by atoms with Gasteiger partial charge >= 0.3 is 6.18 Å². The Balaban J connectivity index is 1.88. The van der Waals surface area contributed by atoms with Crippen molar-refractivity contribution in [2.45, 2.75) is 6.18 Å². The molecule has 0 spiro atoms. The Kier molecular flexibility index (Phi) is 3.58. The van der Waals surface area contributed by atoms with Gasteiger partial charge in [0.15, 0.2) is 0 Å². The first-order valence-corrected chi connectivity index (χ1v) is 6.53. The van der Waals surface area contributed by atoms with Gasteiger partial charge in [-0.1, -0.05) is 23.7 Å². The normalized spacial score (nSPS) is 11.6. The Morgan fingerprint density at radius 2 is 1.73 bits per heavy atom. The molecular formula is C14H8ClF3N4. The summed E-state index contributed by atoms with van der Waals surface area (Å²) in [4.78, 5) is 10.9. The maximum Gasteiger partial charge on any atom is 0.451 e. The number of alkyl halides is 3. The minimum Gasteiger partial charge on any atom is -0.338 e. The second-order valence-corrected chi connectivity index (χ2v) is 4.83. The number of fused-ring (bicyclic) bond motifs is 1. The third kappa shape index (κ3) is 2.94. The van der Waals surface area contributed by atoms with Crippen LogP contribution in [-0.2, 0) is 6.18 Å². The van der Waals surface area contributed by atoms with Crippen LogP contribution in [0.2, 0.25) is 5.02 Å². The molecule has 3 rings (SSSR count). The fourth-order valence-corrected chi connectivity index (χ4v) is 2.09. The van der Waals surface area contributed by atoms with Gasteiger partial charge in [-0.2, -0.15) is 13.2 Å². The maximum absolute atomic E-state index is 12.4. The van der Waals surface area contributed by atoms with E-state index in [1.165, 1.54) is 0 Å². The fourth-order valence-electron chi connectivity index (χ4n) is 1.87. The van der Waals surface area contributed by atoms with Gasteiger partial charge in [-0.05, 0) is 18.2 Å². The van der Waals surface area contributed by atoms with Gasteiger partial charge in [-0.25, -0.2) is 15.0 Å². The molecule has 2 aromatic heterocycles. The van der Waals surface area contributed by atoms with E-state index in [-0.39, 0.29) is 0 Å². The lowest BCUT2D eigenvalue weighted by molar-refractivity contribution is -0.144. The molecule has 1 aromatic carbocycles. The number of hydrogen-bond donors (Lipinski definition) is 1. The van der Waals surface area contributed by atoms with E-state index in [9.17, 15) is 13.2 Å². The Morgan fingerprint density at radius 3 is 2.41 bits per heavy atom. The topological polar surface area (TPSA) is 50.7 Å². The number of halogens is 4. The quantitative estimate of drug-likeness (QED) is 0.757. The molecule has 0 saturated heterocycles. The molecule has 1 N–H and O–H groups in total. The molecule has 0 aliphatic carbocycles. The number of pyridine rings is 1. The molecular weight excluding hydrogens is 317 g/mol. The summed E-state index contributed by atoms with van der Waals surface area (Å²) in [6, 6.07) is 8.88. The van der Waals surface area contributed by atoms with E-state index in [2.05, 4.69) is 20.3 Å². The summed E-state index contributed by atoms with van der Waals surface area (Å²) < 4.78 is 37.2. The highest BCUT2D eigenvalue weighted by Gasteiger charge is 2.34. The second kappa shape index (κ2) is 5.42. The summed E-state index contributed by atoms with van der Waals surface area (Å²) in [5.41, 5.74) is 0.897. The van der Waals surface area contributed by atoms with Crippen LogP contribution in [0.4, 0.5) is 24.7 Å². The van der Waals surface area contributed by atoms with Crippen LogP contribution < -0.4 is 5.32 Å². The Morgan fingerprint density at radius 1 is 1.00 bits per heavy atom. The highest BCUT2D eigenvalue weighted by atomic mass is 35.5. The van der Waals surface area contributed by atoms with Crippen LogP contribution in [0.1, 0.15) is 5.82 Å². The van der Waals surface area contributed by atoms with Crippen molar-refractivity contribution < 1.29 is 13.2 Å². The molecule has 0 radical (unpaired) electrons. The van der Waals surface area contributed by atoms with Gasteiger partial charge in [-0.15, -0.1) is 0 Å². The number of para-hydroxylation sites is 1. The predicted molar refractivity (Wildman–Crippen MR) is 77.1 cm³/mol. The highest BCUT2D eigenvalue weighted by Crippen LogP contribution is 2.27. The van der Waals surface area contributed by atoms with E-state index in [1.807, 2.05) is 18.2 Å². The Bertz CT molecular complexity index is 818. The molecule has 0 fully saturated rings. The van der Waals surface area contributed by atoms with Gasteiger partial charge in [0.05, 0.1) is 28.6 Å². The number of aromatic nitrogens is 3. The number of benzene rings is 1. The summed E-state index contributed by atoms with van der Waals surface area (Å²) in [7, 11) is 0. The van der Waals surface area contributed by atoms with E-state index in [0.717, 1.165) is 17.8 Å². The number of nitrogens with one attached hydrogen (secondary N) is 1. The number of nitrogens with zero attached hydrogens (tertiary/aromatic N) is 3. The molecule has 4 nitrogen and oxygen atoms in total. The van der Waals surface area contributed by atoms with Crippen LogP contribution in [0, 0.1) is 0 Å². The molecule has 0 bridgehead atoms. The van der Waals surface area contributed by atoms with Crippen molar-refractivity contribution in [1.82, 2.24) is 15.0 Å². The molecule has 0 saturated carbocycles. The lowest BCUT2D eigenvalue weighted by Crippen LogP contribution is -2.10. The van der Waals surface area contributed by atoms with Crippen molar-refractivity contribution in [3.05, 3.63) is 53.6 Å². The molecule has 112 valence electrons. The van der Waals surface area contributed by atoms with Gasteiger partial charge in [0.2, 0.25) is 5.82 Å². The van der Waals surface area contributed by atoms with Crippen molar-refractivity contribution in [1.29, 1.82) is 0 Å². The molecule has 3 aromatic rings. The summed E-state index contributed by atoms with van der Waals surface area (Å²) >= 11 is 6.06. The van der Waals surface area contributed by atoms with E-state index < -0.39 is 12.0 Å². The van der Waals surface area contributed by atoms with Gasteiger partial charge in [-0.3, -0.25) is 0 Å². The van der Waals surface area contributed by atoms with Crippen molar-refractivity contribution in [2.24, 2.45) is 0 Å². The Labute approximate surface area is 128 Å². The van der Waals surface area contributed by atoms with Gasteiger partial charge < -0.3 is 5.32 Å². The van der Waals surface area contributed by atoms with Gasteiger partial charge in [0.25, 0.3) is 0 Å². The minimum absolute atomic E-state index is 0.298. The van der Waals surface area contributed by atoms with E-state index in [1.54, 1.807) is 12.1 Å². The number of hydrogen-bond acceptors (Lipinski definition) is 4. The summed E-state index contributed by atoms with van der Waals surface area (Å²) in [5.74, 6) is -0.753. The number of rotatable bonds is 2. The highest BCUT2D eigenvalue weighted by molar-refractivity contribution is 6.35. The molecule has 0 aliphatic heterocycles. The second-order valence-electron chi connectivity index (χ2n) is 4.43. The minimum atomic E-state index is -4.56. The van der Waals surface area contributed by atoms with Crippen molar-refractivity contribution in [2.75, 3.05) is 5.32 Å². The predicted octanol–water partition coefficient (Wildman–Crippen LogP) is 4.44. The molecule has 0 aliphatic rings. The number of anilines is 2. The summed E-state index contributed by atoms with van der Waals surface area (Å²) in [6.07, 6.45) is -2.46. The monoisotopic (exact) mass is 324 g/mol. The molecule has 0 amide bonds. The SMILES string of the molecule is FC(F)(F)c1ncc(Nc2ccc3cccc(Cl)c3n2)cn1. The zero-order valence-corrected chi connectivity index (χ0v) is 11.7. The van der Waals surface area contributed by atoms with Crippen molar-refractivity contribution in [3.63, 3.8) is 0 Å². The first kappa shape index (κ1) is 14.5. The fraction of sp³-hybridized carbons (Fsp3) is 0.0714. The van der Waals surface area contributed by atoms with E-state index in [0.29, 0.717) is 22.0 Å². The first-order valence-electron chi connectivity index (χ1n) is 6.15. The van der Waals surface area contributed by atoms with Crippen LogP contribution in [0.15, 0.2) is 42.7 Å². The Hall–Kier alpha value is -2.41. The summed E-state index contributed by atoms with van der Waals surface area (Å²) in [6.45, 7) is 0. The molecule has 0 unspecified atom stereocenters. The van der Waals surface area contributed by atoms with Crippen LogP contribution in [0.25, 0.3) is 10.9 Å². The van der Waals surface area contributed by atoms with E-state index >= 15 is 0 Å². The van der Waals surface area contributed by atoms with Gasteiger partial charge in [0.1, 0.15) is 5.82 Å². The van der Waals surface area contributed by atoms with E-state index in [4.69, 9.17) is 11.6 Å². The molecule has 22 heavy (non-hydrogen) atoms. The molecule has 2 heterocycles. The van der Waals surface area contributed by atoms with Crippen molar-refractivity contribution >= 4 is 34.0 Å². The largest absolute Gasteiger partial charge is 0.451 e. The standard InChI is InChI=1S/C14H8ClF3N4/c15-10-3-1-2-8-4-5-11(22-12(8)10)21-9-6-19-13(20-7-9)14(16,17)18/h1-7H,(H,21,22). The van der Waals surface area contributed by atoms with Crippen LogP contribution in [0.3, 0.4) is 0 Å². The van der Waals surface area contributed by atoms with Crippen molar-refractivity contribution in [3.8, 4) is 0 Å². The average Bonchev–Trinajstić information content (AvgIpc) is 2.48.